The zero-order valence-electron chi connectivity index (χ0n) is 15.6. The highest BCUT2D eigenvalue weighted by atomic mass is 15.1. The van der Waals surface area contributed by atoms with Crippen LogP contribution in [0.25, 0.3) is 0 Å². The lowest BCUT2D eigenvalue weighted by molar-refractivity contribution is 0.339. The molecule has 0 radical (unpaired) electrons. The van der Waals surface area contributed by atoms with Gasteiger partial charge in [0.2, 0.25) is 0 Å². The lowest BCUT2D eigenvalue weighted by atomic mass is 9.78. The summed E-state index contributed by atoms with van der Waals surface area (Å²) in [6.45, 7) is 9.20. The van der Waals surface area contributed by atoms with Crippen molar-refractivity contribution in [2.75, 3.05) is 4.90 Å². The third-order valence-electron chi connectivity index (χ3n) is 4.98. The van der Waals surface area contributed by atoms with Gasteiger partial charge in [0.05, 0.1) is 0 Å². The molecule has 0 aliphatic carbocycles. The fraction of sp³-hybridized carbons (Fsp3) is 0.250. The number of anilines is 3. The minimum absolute atomic E-state index is 0.264. The molecule has 1 atom stereocenters. The minimum Gasteiger partial charge on any atom is -0.311 e. The molecular formula is C24H27N. The van der Waals surface area contributed by atoms with Gasteiger partial charge in [-0.05, 0) is 53.3 Å². The van der Waals surface area contributed by atoms with Gasteiger partial charge in [0.25, 0.3) is 0 Å². The van der Waals surface area contributed by atoms with E-state index < -0.39 is 0 Å². The molecule has 0 aromatic heterocycles. The zero-order valence-corrected chi connectivity index (χ0v) is 15.6. The highest BCUT2D eigenvalue weighted by molar-refractivity contribution is 5.76. The highest BCUT2D eigenvalue weighted by Crippen LogP contribution is 2.38. The molecule has 0 heterocycles. The summed E-state index contributed by atoms with van der Waals surface area (Å²) < 4.78 is 0. The Morgan fingerprint density at radius 3 is 1.40 bits per heavy atom. The van der Waals surface area contributed by atoms with Gasteiger partial charge in [0, 0.05) is 17.1 Å². The van der Waals surface area contributed by atoms with E-state index in [9.17, 15) is 0 Å². The first-order valence-corrected chi connectivity index (χ1v) is 8.97. The molecule has 3 rings (SSSR count). The molecule has 1 nitrogen and oxygen atoms in total. The van der Waals surface area contributed by atoms with Crippen LogP contribution in [0.4, 0.5) is 17.1 Å². The first-order chi connectivity index (χ1) is 12.0. The topological polar surface area (TPSA) is 3.24 Å². The largest absolute Gasteiger partial charge is 0.311 e. The van der Waals surface area contributed by atoms with Crippen molar-refractivity contribution >= 4 is 17.1 Å². The Morgan fingerprint density at radius 2 is 1.00 bits per heavy atom. The molecule has 0 aliphatic heterocycles. The number of hydrogen-bond acceptors (Lipinski definition) is 1. The average Bonchev–Trinajstić information content (AvgIpc) is 2.63. The second-order valence-electron chi connectivity index (χ2n) is 7.69. The number of hydrogen-bond donors (Lipinski definition) is 0. The summed E-state index contributed by atoms with van der Waals surface area (Å²) in [5.74, 6) is 0.517. The van der Waals surface area contributed by atoms with Crippen LogP contribution in [0, 0.1) is 5.41 Å². The summed E-state index contributed by atoms with van der Waals surface area (Å²) in [5, 5.41) is 0. The van der Waals surface area contributed by atoms with Crippen LogP contribution in [-0.4, -0.2) is 0 Å². The van der Waals surface area contributed by atoms with Gasteiger partial charge in [0.1, 0.15) is 0 Å². The third-order valence-corrected chi connectivity index (χ3v) is 4.98. The molecule has 0 fully saturated rings. The van der Waals surface area contributed by atoms with Crippen molar-refractivity contribution in [3.05, 3.63) is 90.5 Å². The van der Waals surface area contributed by atoms with Crippen LogP contribution in [0.5, 0.6) is 0 Å². The number of nitrogens with zero attached hydrogens (tertiary/aromatic N) is 1. The summed E-state index contributed by atoms with van der Waals surface area (Å²) in [5.41, 5.74) is 5.18. The molecule has 0 bridgehead atoms. The molecule has 25 heavy (non-hydrogen) atoms. The maximum atomic E-state index is 2.31. The van der Waals surface area contributed by atoms with Gasteiger partial charge in [-0.3, -0.25) is 0 Å². The Bertz CT molecular complexity index is 744. The van der Waals surface area contributed by atoms with E-state index in [0.717, 1.165) is 0 Å². The van der Waals surface area contributed by atoms with Crippen LogP contribution in [0.2, 0.25) is 0 Å². The van der Waals surface area contributed by atoms with Crippen molar-refractivity contribution in [2.24, 2.45) is 5.41 Å². The molecular weight excluding hydrogens is 302 g/mol. The van der Waals surface area contributed by atoms with Crippen LogP contribution >= 0.6 is 0 Å². The van der Waals surface area contributed by atoms with Gasteiger partial charge in [-0.25, -0.2) is 0 Å². The predicted molar refractivity (Wildman–Crippen MR) is 109 cm³/mol. The standard InChI is InChI=1S/C24H27N/c1-19(24(2,3)4)20-15-17-23(18-16-20)25(21-11-7-5-8-12-21)22-13-9-6-10-14-22/h5-19H,1-4H3. The van der Waals surface area contributed by atoms with E-state index in [4.69, 9.17) is 0 Å². The van der Waals surface area contributed by atoms with E-state index >= 15 is 0 Å². The van der Waals surface area contributed by atoms with E-state index in [2.05, 4.69) is 118 Å². The van der Waals surface area contributed by atoms with E-state index in [1.54, 1.807) is 0 Å². The van der Waals surface area contributed by atoms with Crippen molar-refractivity contribution in [1.82, 2.24) is 0 Å². The van der Waals surface area contributed by atoms with Crippen molar-refractivity contribution in [1.29, 1.82) is 0 Å². The molecule has 128 valence electrons. The minimum atomic E-state index is 0.264. The van der Waals surface area contributed by atoms with E-state index in [-0.39, 0.29) is 5.41 Å². The quantitative estimate of drug-likeness (QED) is 0.485. The van der Waals surface area contributed by atoms with Gasteiger partial charge in [-0.15, -0.1) is 0 Å². The summed E-state index contributed by atoms with van der Waals surface area (Å²) in [6.07, 6.45) is 0. The van der Waals surface area contributed by atoms with Crippen molar-refractivity contribution in [3.8, 4) is 0 Å². The predicted octanol–water partition coefficient (Wildman–Crippen LogP) is 7.31. The molecule has 3 aromatic rings. The Morgan fingerprint density at radius 1 is 0.600 bits per heavy atom. The Labute approximate surface area is 151 Å². The number of rotatable bonds is 4. The maximum absolute atomic E-state index is 2.31. The summed E-state index contributed by atoms with van der Waals surface area (Å²) in [4.78, 5) is 2.30. The summed E-state index contributed by atoms with van der Waals surface area (Å²) in [7, 11) is 0. The molecule has 0 aliphatic rings. The lowest BCUT2D eigenvalue weighted by Crippen LogP contribution is -2.15. The number of benzene rings is 3. The van der Waals surface area contributed by atoms with Gasteiger partial charge < -0.3 is 4.90 Å². The van der Waals surface area contributed by atoms with Crippen molar-refractivity contribution in [3.63, 3.8) is 0 Å². The Kier molecular flexibility index (Phi) is 4.94. The first kappa shape index (κ1) is 17.3. The molecule has 0 spiro atoms. The van der Waals surface area contributed by atoms with Crippen molar-refractivity contribution in [2.45, 2.75) is 33.6 Å². The van der Waals surface area contributed by atoms with Crippen LogP contribution in [0.15, 0.2) is 84.9 Å². The van der Waals surface area contributed by atoms with Crippen LogP contribution in [-0.2, 0) is 0 Å². The van der Waals surface area contributed by atoms with Gasteiger partial charge in [0.15, 0.2) is 0 Å². The fourth-order valence-electron chi connectivity index (χ4n) is 3.01. The van der Waals surface area contributed by atoms with Crippen LogP contribution in [0.3, 0.4) is 0 Å². The summed E-state index contributed by atoms with van der Waals surface area (Å²) in [6, 6.07) is 30.1. The molecule has 3 aromatic carbocycles. The second-order valence-corrected chi connectivity index (χ2v) is 7.69. The zero-order chi connectivity index (χ0) is 17.9. The normalized spacial score (nSPS) is 12.6. The molecule has 0 saturated carbocycles. The molecule has 1 unspecified atom stereocenters. The van der Waals surface area contributed by atoms with Crippen LogP contribution < -0.4 is 4.90 Å². The Hall–Kier alpha value is -2.54. The van der Waals surface area contributed by atoms with Crippen molar-refractivity contribution < 1.29 is 0 Å². The van der Waals surface area contributed by atoms with Gasteiger partial charge >= 0.3 is 0 Å². The van der Waals surface area contributed by atoms with E-state index in [1.165, 1.54) is 22.6 Å². The monoisotopic (exact) mass is 329 g/mol. The number of para-hydroxylation sites is 2. The first-order valence-electron chi connectivity index (χ1n) is 8.97. The van der Waals surface area contributed by atoms with Crippen LogP contribution in [0.1, 0.15) is 39.2 Å². The average molecular weight is 329 g/mol. The SMILES string of the molecule is CC(c1ccc(N(c2ccccc2)c2ccccc2)cc1)C(C)(C)C. The smallest absolute Gasteiger partial charge is 0.0461 e. The lowest BCUT2D eigenvalue weighted by Gasteiger charge is -2.29. The maximum Gasteiger partial charge on any atom is 0.0461 e. The van der Waals surface area contributed by atoms with E-state index in [0.29, 0.717) is 5.92 Å². The Balaban J connectivity index is 2.00. The summed E-state index contributed by atoms with van der Waals surface area (Å²) >= 11 is 0. The molecule has 0 saturated heterocycles. The molecule has 0 amide bonds. The fourth-order valence-corrected chi connectivity index (χ4v) is 3.01. The van der Waals surface area contributed by atoms with Gasteiger partial charge in [-0.1, -0.05) is 76.2 Å². The molecule has 1 heteroatoms. The third kappa shape index (κ3) is 3.93. The van der Waals surface area contributed by atoms with E-state index in [1.807, 2.05) is 0 Å². The second kappa shape index (κ2) is 7.14. The molecule has 0 N–H and O–H groups in total. The van der Waals surface area contributed by atoms with Gasteiger partial charge in [-0.2, -0.15) is 0 Å². The highest BCUT2D eigenvalue weighted by Gasteiger charge is 2.22.